The number of hydrogen-bond acceptors (Lipinski definition) is 3. The Hall–Kier alpha value is -1.26. The van der Waals surface area contributed by atoms with Gasteiger partial charge in [0.1, 0.15) is 6.04 Å². The number of ketones is 1. The molecule has 0 saturated carbocycles. The van der Waals surface area contributed by atoms with Crippen molar-refractivity contribution in [2.24, 2.45) is 0 Å². The van der Waals surface area contributed by atoms with Crippen molar-refractivity contribution < 1.29 is 14.7 Å². The molecule has 0 radical (unpaired) electrons. The van der Waals surface area contributed by atoms with Gasteiger partial charge in [-0.3, -0.25) is 4.79 Å². The summed E-state index contributed by atoms with van der Waals surface area (Å²) < 4.78 is 0. The van der Waals surface area contributed by atoms with Crippen molar-refractivity contribution in [3.05, 3.63) is 27.7 Å². The predicted molar refractivity (Wildman–Crippen MR) is 60.5 cm³/mol. The van der Waals surface area contributed by atoms with Gasteiger partial charge >= 0.3 is 5.97 Å². The SMILES string of the molecule is O=C1CC(C(=O)O)Nc2cc(Cl)cc(Cl)c21. The van der Waals surface area contributed by atoms with Gasteiger partial charge in [0.15, 0.2) is 5.78 Å². The van der Waals surface area contributed by atoms with E-state index in [4.69, 9.17) is 28.3 Å². The molecule has 0 bridgehead atoms. The third-order valence-corrected chi connectivity index (χ3v) is 2.87. The molecule has 16 heavy (non-hydrogen) atoms. The summed E-state index contributed by atoms with van der Waals surface area (Å²) in [5, 5.41) is 12.2. The molecule has 1 aliphatic rings. The number of fused-ring (bicyclic) bond motifs is 1. The van der Waals surface area contributed by atoms with Crippen LogP contribution in [-0.4, -0.2) is 22.9 Å². The second kappa shape index (κ2) is 3.96. The minimum atomic E-state index is -1.07. The number of rotatable bonds is 1. The minimum absolute atomic E-state index is 0.107. The molecule has 1 aromatic rings. The second-order valence-electron chi connectivity index (χ2n) is 3.47. The molecule has 0 fully saturated rings. The smallest absolute Gasteiger partial charge is 0.326 e. The van der Waals surface area contributed by atoms with E-state index in [0.29, 0.717) is 16.3 Å². The van der Waals surface area contributed by atoms with Gasteiger partial charge in [-0.1, -0.05) is 23.2 Å². The van der Waals surface area contributed by atoms with Gasteiger partial charge in [0.2, 0.25) is 0 Å². The number of carboxylic acids is 1. The fraction of sp³-hybridized carbons (Fsp3) is 0.200. The maximum Gasteiger partial charge on any atom is 0.326 e. The van der Waals surface area contributed by atoms with Gasteiger partial charge in [0.25, 0.3) is 0 Å². The highest BCUT2D eigenvalue weighted by atomic mass is 35.5. The Morgan fingerprint density at radius 3 is 2.75 bits per heavy atom. The maximum atomic E-state index is 11.7. The number of halogens is 2. The number of anilines is 1. The van der Waals surface area contributed by atoms with Crippen molar-refractivity contribution in [2.75, 3.05) is 5.32 Å². The van der Waals surface area contributed by atoms with Crippen LogP contribution in [0.5, 0.6) is 0 Å². The Morgan fingerprint density at radius 1 is 1.44 bits per heavy atom. The third kappa shape index (κ3) is 1.86. The van der Waals surface area contributed by atoms with Gasteiger partial charge in [0.05, 0.1) is 10.6 Å². The lowest BCUT2D eigenvalue weighted by atomic mass is 9.97. The van der Waals surface area contributed by atoms with E-state index in [1.54, 1.807) is 0 Å². The molecule has 1 aliphatic heterocycles. The van der Waals surface area contributed by atoms with E-state index in [1.807, 2.05) is 0 Å². The summed E-state index contributed by atoms with van der Waals surface area (Å²) in [5.41, 5.74) is 0.685. The largest absolute Gasteiger partial charge is 0.480 e. The number of hydrogen-bond donors (Lipinski definition) is 2. The molecular weight excluding hydrogens is 253 g/mol. The fourth-order valence-electron chi connectivity index (χ4n) is 1.65. The minimum Gasteiger partial charge on any atom is -0.480 e. The molecule has 2 rings (SSSR count). The van der Waals surface area contributed by atoms with Crippen LogP contribution in [-0.2, 0) is 4.79 Å². The lowest BCUT2D eigenvalue weighted by Crippen LogP contribution is -2.36. The monoisotopic (exact) mass is 259 g/mol. The highest BCUT2D eigenvalue weighted by Gasteiger charge is 2.30. The van der Waals surface area contributed by atoms with Crippen LogP contribution in [0.2, 0.25) is 10.0 Å². The Labute approximate surface area is 101 Å². The van der Waals surface area contributed by atoms with Crippen molar-refractivity contribution in [1.29, 1.82) is 0 Å². The Balaban J connectivity index is 2.50. The molecule has 0 spiro atoms. The van der Waals surface area contributed by atoms with E-state index >= 15 is 0 Å². The molecule has 1 aromatic carbocycles. The number of Topliss-reactive ketones (excluding diaryl/α,β-unsaturated/α-hetero) is 1. The van der Waals surface area contributed by atoms with Crippen LogP contribution < -0.4 is 5.32 Å². The van der Waals surface area contributed by atoms with Crippen LogP contribution in [0.4, 0.5) is 5.69 Å². The molecular formula is C10H7Cl2NO3. The number of carbonyl (C=O) groups excluding carboxylic acids is 1. The van der Waals surface area contributed by atoms with Crippen LogP contribution in [0.15, 0.2) is 12.1 Å². The average molecular weight is 260 g/mol. The molecule has 6 heteroatoms. The molecule has 1 heterocycles. The third-order valence-electron chi connectivity index (χ3n) is 2.35. The maximum absolute atomic E-state index is 11.7. The number of carboxylic acid groups (broad SMARTS) is 1. The normalized spacial score (nSPS) is 18.9. The molecule has 0 aromatic heterocycles. The van der Waals surface area contributed by atoms with E-state index in [0.717, 1.165) is 0 Å². The highest BCUT2D eigenvalue weighted by Crippen LogP contribution is 2.34. The van der Waals surface area contributed by atoms with Crippen molar-refractivity contribution in [3.8, 4) is 0 Å². The summed E-state index contributed by atoms with van der Waals surface area (Å²) in [6.07, 6.45) is -0.107. The Kier molecular flexibility index (Phi) is 2.78. The first-order valence-corrected chi connectivity index (χ1v) is 5.26. The zero-order valence-corrected chi connectivity index (χ0v) is 9.47. The lowest BCUT2D eigenvalue weighted by Gasteiger charge is -2.23. The topological polar surface area (TPSA) is 66.4 Å². The lowest BCUT2D eigenvalue weighted by molar-refractivity contribution is -0.137. The van der Waals surface area contributed by atoms with E-state index in [2.05, 4.69) is 5.32 Å². The second-order valence-corrected chi connectivity index (χ2v) is 4.32. The van der Waals surface area contributed by atoms with Crippen LogP contribution in [0.25, 0.3) is 0 Å². The Bertz CT molecular complexity index is 487. The molecule has 0 amide bonds. The molecule has 0 aliphatic carbocycles. The first kappa shape index (κ1) is 11.2. The first-order valence-electron chi connectivity index (χ1n) is 4.50. The van der Waals surface area contributed by atoms with Crippen molar-refractivity contribution >= 4 is 40.6 Å². The van der Waals surface area contributed by atoms with Gasteiger partial charge in [-0.15, -0.1) is 0 Å². The zero-order chi connectivity index (χ0) is 11.9. The molecule has 0 saturated heterocycles. The molecule has 1 unspecified atom stereocenters. The van der Waals surface area contributed by atoms with Crippen LogP contribution >= 0.6 is 23.2 Å². The number of benzene rings is 1. The van der Waals surface area contributed by atoms with E-state index < -0.39 is 12.0 Å². The number of nitrogens with one attached hydrogen (secondary N) is 1. The molecule has 4 nitrogen and oxygen atoms in total. The average Bonchev–Trinajstić information content (AvgIpc) is 2.15. The van der Waals surface area contributed by atoms with Crippen molar-refractivity contribution in [2.45, 2.75) is 12.5 Å². The highest BCUT2D eigenvalue weighted by molar-refractivity contribution is 6.38. The predicted octanol–water partition coefficient (Wildman–Crippen LogP) is 2.44. The standard InChI is InChI=1S/C10H7Cl2NO3/c11-4-1-5(12)9-6(2-4)13-7(10(15)16)3-8(9)14/h1-2,7,13H,3H2,(H,15,16). The van der Waals surface area contributed by atoms with Crippen molar-refractivity contribution in [3.63, 3.8) is 0 Å². The summed E-state index contributed by atoms with van der Waals surface area (Å²) in [6, 6.07) is 2.04. The van der Waals surface area contributed by atoms with Gasteiger partial charge in [-0.25, -0.2) is 4.79 Å². The zero-order valence-electron chi connectivity index (χ0n) is 7.96. The summed E-state index contributed by atoms with van der Waals surface area (Å²) in [5.74, 6) is -1.36. The number of carbonyl (C=O) groups is 2. The summed E-state index contributed by atoms with van der Waals surface area (Å²) in [4.78, 5) is 22.5. The fourth-order valence-corrected chi connectivity index (χ4v) is 2.24. The summed E-state index contributed by atoms with van der Waals surface area (Å²) in [7, 11) is 0. The van der Waals surface area contributed by atoms with Crippen LogP contribution in [0.3, 0.4) is 0 Å². The summed E-state index contributed by atoms with van der Waals surface area (Å²) in [6.45, 7) is 0. The van der Waals surface area contributed by atoms with Gasteiger partial charge in [-0.05, 0) is 12.1 Å². The molecule has 2 N–H and O–H groups in total. The first-order chi connectivity index (χ1) is 7.49. The Morgan fingerprint density at radius 2 is 2.12 bits per heavy atom. The van der Waals surface area contributed by atoms with E-state index in [9.17, 15) is 9.59 Å². The van der Waals surface area contributed by atoms with E-state index in [-0.39, 0.29) is 17.2 Å². The molecule has 84 valence electrons. The van der Waals surface area contributed by atoms with Gasteiger partial charge in [0, 0.05) is 17.1 Å². The molecule has 1 atom stereocenters. The summed E-state index contributed by atoms with van der Waals surface area (Å²) >= 11 is 11.7. The van der Waals surface area contributed by atoms with Gasteiger partial charge < -0.3 is 10.4 Å². The van der Waals surface area contributed by atoms with Crippen LogP contribution in [0, 0.1) is 0 Å². The quantitative estimate of drug-likeness (QED) is 0.813. The number of aliphatic carboxylic acids is 1. The van der Waals surface area contributed by atoms with Crippen molar-refractivity contribution in [1.82, 2.24) is 0 Å². The van der Waals surface area contributed by atoms with E-state index in [1.165, 1.54) is 12.1 Å². The van der Waals surface area contributed by atoms with Gasteiger partial charge in [-0.2, -0.15) is 0 Å². The van der Waals surface area contributed by atoms with Crippen LogP contribution in [0.1, 0.15) is 16.8 Å².